The van der Waals surface area contributed by atoms with E-state index < -0.39 is 5.60 Å². The molecule has 0 aromatic carbocycles. The zero-order chi connectivity index (χ0) is 17.1. The van der Waals surface area contributed by atoms with Crippen LogP contribution in [-0.2, 0) is 22.6 Å². The number of ether oxygens (including phenoxy) is 2. The van der Waals surface area contributed by atoms with E-state index >= 15 is 0 Å². The first kappa shape index (κ1) is 17.7. The molecule has 0 bridgehead atoms. The van der Waals surface area contributed by atoms with Crippen LogP contribution in [0.2, 0.25) is 0 Å². The summed E-state index contributed by atoms with van der Waals surface area (Å²) in [6, 6.07) is 0. The fourth-order valence-corrected chi connectivity index (χ4v) is 2.57. The fraction of sp³-hybridized carbons (Fsp3) is 0.812. The van der Waals surface area contributed by atoms with Gasteiger partial charge in [-0.25, -0.2) is 14.5 Å². The lowest BCUT2D eigenvalue weighted by molar-refractivity contribution is -0.0412. The molecule has 2 heterocycles. The number of nitrogens with zero attached hydrogens (tertiary/aromatic N) is 4. The molecule has 2 rings (SSSR count). The standard InChI is InChI=1S/C16H28N4O3/c1-6-8-20-13(17-12-18-20)10-22-16(5)7-9-19(11-16)14(21)23-15(2,3)4/h12H,6-11H2,1-5H3. The van der Waals surface area contributed by atoms with Crippen molar-refractivity contribution in [1.82, 2.24) is 19.7 Å². The van der Waals surface area contributed by atoms with Crippen molar-refractivity contribution < 1.29 is 14.3 Å². The predicted molar refractivity (Wildman–Crippen MR) is 85.9 cm³/mol. The van der Waals surface area contributed by atoms with Crippen LogP contribution in [0, 0.1) is 0 Å². The van der Waals surface area contributed by atoms with Gasteiger partial charge in [0, 0.05) is 13.1 Å². The Morgan fingerprint density at radius 2 is 2.17 bits per heavy atom. The number of amides is 1. The first-order valence-electron chi connectivity index (χ1n) is 8.21. The lowest BCUT2D eigenvalue weighted by Gasteiger charge is -2.27. The Labute approximate surface area is 138 Å². The van der Waals surface area contributed by atoms with Gasteiger partial charge in [-0.3, -0.25) is 0 Å². The minimum absolute atomic E-state index is 0.279. The molecule has 1 aromatic rings. The van der Waals surface area contributed by atoms with E-state index in [0.29, 0.717) is 19.7 Å². The molecule has 1 atom stereocenters. The molecular formula is C16H28N4O3. The second-order valence-electron chi connectivity index (χ2n) is 7.29. The van der Waals surface area contributed by atoms with Crippen LogP contribution in [0.4, 0.5) is 4.79 Å². The van der Waals surface area contributed by atoms with E-state index in [1.165, 1.54) is 0 Å². The maximum Gasteiger partial charge on any atom is 0.410 e. The van der Waals surface area contributed by atoms with E-state index in [9.17, 15) is 4.79 Å². The van der Waals surface area contributed by atoms with Gasteiger partial charge in [0.1, 0.15) is 18.5 Å². The second-order valence-corrected chi connectivity index (χ2v) is 7.29. The first-order chi connectivity index (χ1) is 10.7. The summed E-state index contributed by atoms with van der Waals surface area (Å²) in [5.74, 6) is 0.823. The van der Waals surface area contributed by atoms with Gasteiger partial charge in [-0.2, -0.15) is 5.10 Å². The lowest BCUT2D eigenvalue weighted by Crippen LogP contribution is -2.39. The van der Waals surface area contributed by atoms with Crippen molar-refractivity contribution in [3.8, 4) is 0 Å². The third-order valence-electron chi connectivity index (χ3n) is 3.77. The molecule has 0 saturated carbocycles. The van der Waals surface area contributed by atoms with Gasteiger partial charge in [0.15, 0.2) is 5.82 Å². The maximum absolute atomic E-state index is 12.1. The molecule has 1 aromatic heterocycles. The molecule has 7 heteroatoms. The summed E-state index contributed by atoms with van der Waals surface area (Å²) in [4.78, 5) is 18.1. The van der Waals surface area contributed by atoms with Crippen LogP contribution in [0.1, 0.15) is 53.3 Å². The quantitative estimate of drug-likeness (QED) is 0.832. The molecule has 0 spiro atoms. The third-order valence-corrected chi connectivity index (χ3v) is 3.77. The van der Waals surface area contributed by atoms with E-state index in [1.807, 2.05) is 32.4 Å². The van der Waals surface area contributed by atoms with Crippen molar-refractivity contribution in [2.45, 2.75) is 71.8 Å². The van der Waals surface area contributed by atoms with E-state index in [0.717, 1.165) is 25.2 Å². The van der Waals surface area contributed by atoms with Gasteiger partial charge in [-0.1, -0.05) is 6.92 Å². The third kappa shape index (κ3) is 4.92. The summed E-state index contributed by atoms with van der Waals surface area (Å²) in [6.45, 7) is 12.2. The van der Waals surface area contributed by atoms with Crippen LogP contribution >= 0.6 is 0 Å². The number of hydrogen-bond donors (Lipinski definition) is 0. The molecule has 1 fully saturated rings. The normalized spacial score (nSPS) is 21.7. The van der Waals surface area contributed by atoms with Crippen molar-refractivity contribution in [1.29, 1.82) is 0 Å². The Bertz CT molecular complexity index is 538. The molecule has 130 valence electrons. The zero-order valence-corrected chi connectivity index (χ0v) is 14.8. The highest BCUT2D eigenvalue weighted by molar-refractivity contribution is 5.68. The summed E-state index contributed by atoms with van der Waals surface area (Å²) in [5.41, 5.74) is -0.854. The molecular weight excluding hydrogens is 296 g/mol. The Morgan fingerprint density at radius 3 is 2.83 bits per heavy atom. The van der Waals surface area contributed by atoms with E-state index in [-0.39, 0.29) is 11.7 Å². The van der Waals surface area contributed by atoms with Gasteiger partial charge in [-0.05, 0) is 40.5 Å². The summed E-state index contributed by atoms with van der Waals surface area (Å²) in [6.07, 6.45) is 3.06. The van der Waals surface area contributed by atoms with E-state index in [2.05, 4.69) is 17.0 Å². The number of aryl methyl sites for hydroxylation is 1. The van der Waals surface area contributed by atoms with Crippen LogP contribution in [0.5, 0.6) is 0 Å². The Morgan fingerprint density at radius 1 is 1.43 bits per heavy atom. The van der Waals surface area contributed by atoms with Crippen LogP contribution < -0.4 is 0 Å². The van der Waals surface area contributed by atoms with Crippen LogP contribution in [0.25, 0.3) is 0 Å². The second kappa shape index (κ2) is 6.86. The summed E-state index contributed by atoms with van der Waals surface area (Å²) < 4.78 is 13.3. The molecule has 1 amide bonds. The van der Waals surface area contributed by atoms with Gasteiger partial charge in [0.25, 0.3) is 0 Å². The fourth-order valence-electron chi connectivity index (χ4n) is 2.57. The molecule has 1 unspecified atom stereocenters. The Kier molecular flexibility index (Phi) is 5.29. The van der Waals surface area contributed by atoms with Crippen molar-refractivity contribution in [2.24, 2.45) is 0 Å². The summed E-state index contributed by atoms with van der Waals surface area (Å²) >= 11 is 0. The number of aromatic nitrogens is 3. The Balaban J connectivity index is 1.89. The molecule has 7 nitrogen and oxygen atoms in total. The smallest absolute Gasteiger partial charge is 0.410 e. The Hall–Kier alpha value is -1.63. The van der Waals surface area contributed by atoms with E-state index in [1.54, 1.807) is 11.2 Å². The highest BCUT2D eigenvalue weighted by Crippen LogP contribution is 2.27. The SMILES string of the molecule is CCCn1ncnc1COC1(C)CCN(C(=O)OC(C)(C)C)C1. The average molecular weight is 324 g/mol. The maximum atomic E-state index is 12.1. The predicted octanol–water partition coefficient (Wildman–Crippen LogP) is 2.60. The molecule has 23 heavy (non-hydrogen) atoms. The van der Waals surface area contributed by atoms with Crippen LogP contribution in [-0.4, -0.2) is 50.0 Å². The minimum Gasteiger partial charge on any atom is -0.444 e. The molecule has 0 N–H and O–H groups in total. The largest absolute Gasteiger partial charge is 0.444 e. The number of likely N-dealkylation sites (tertiary alicyclic amines) is 1. The van der Waals surface area contributed by atoms with Gasteiger partial charge < -0.3 is 14.4 Å². The molecule has 0 aliphatic carbocycles. The van der Waals surface area contributed by atoms with Gasteiger partial charge in [0.05, 0.1) is 12.1 Å². The molecule has 1 aliphatic rings. The highest BCUT2D eigenvalue weighted by atomic mass is 16.6. The van der Waals surface area contributed by atoms with Crippen molar-refractivity contribution >= 4 is 6.09 Å². The lowest BCUT2D eigenvalue weighted by atomic mass is 10.1. The number of hydrogen-bond acceptors (Lipinski definition) is 5. The number of carbonyl (C=O) groups excluding carboxylic acids is 1. The minimum atomic E-state index is -0.479. The van der Waals surface area contributed by atoms with Crippen molar-refractivity contribution in [3.63, 3.8) is 0 Å². The molecule has 0 radical (unpaired) electrons. The topological polar surface area (TPSA) is 69.5 Å². The number of carbonyl (C=O) groups is 1. The van der Waals surface area contributed by atoms with E-state index in [4.69, 9.17) is 9.47 Å². The van der Waals surface area contributed by atoms with Crippen LogP contribution in [0.3, 0.4) is 0 Å². The van der Waals surface area contributed by atoms with Crippen molar-refractivity contribution in [3.05, 3.63) is 12.2 Å². The zero-order valence-electron chi connectivity index (χ0n) is 14.8. The van der Waals surface area contributed by atoms with Gasteiger partial charge >= 0.3 is 6.09 Å². The average Bonchev–Trinajstić information content (AvgIpc) is 3.03. The highest BCUT2D eigenvalue weighted by Gasteiger charge is 2.38. The van der Waals surface area contributed by atoms with Gasteiger partial charge in [0.2, 0.25) is 0 Å². The molecule has 1 saturated heterocycles. The summed E-state index contributed by atoms with van der Waals surface area (Å²) in [5, 5.41) is 4.20. The monoisotopic (exact) mass is 324 g/mol. The van der Waals surface area contributed by atoms with Gasteiger partial charge in [-0.15, -0.1) is 0 Å². The molecule has 1 aliphatic heterocycles. The number of rotatable bonds is 5. The van der Waals surface area contributed by atoms with Crippen molar-refractivity contribution in [2.75, 3.05) is 13.1 Å². The van der Waals surface area contributed by atoms with Crippen LogP contribution in [0.15, 0.2) is 6.33 Å². The first-order valence-corrected chi connectivity index (χ1v) is 8.21. The summed E-state index contributed by atoms with van der Waals surface area (Å²) in [7, 11) is 0.